The molecule has 0 saturated carbocycles. The first-order valence-corrected chi connectivity index (χ1v) is 17.5. The van der Waals surface area contributed by atoms with Crippen LogP contribution in [-0.2, 0) is 42.9 Å². The SMILES string of the molecule is CC(=O)OC(C)=O.CC(=O)OC1=C(c2c(C)cc(Cl)cc2Cl)C(=O)OC1c1ccccc1.Cc1cc(Cl)cc(Cl)c1C1=C(O)C(c2ccccc2)OC1=O. The van der Waals surface area contributed by atoms with Crippen LogP contribution >= 0.6 is 46.4 Å². The number of carbonyl (C=O) groups is 5. The maximum atomic E-state index is 12.6. The highest BCUT2D eigenvalue weighted by Crippen LogP contribution is 2.44. The summed E-state index contributed by atoms with van der Waals surface area (Å²) in [5, 5.41) is 12.0. The summed E-state index contributed by atoms with van der Waals surface area (Å²) < 4.78 is 20.1. The van der Waals surface area contributed by atoms with E-state index >= 15 is 0 Å². The van der Waals surface area contributed by atoms with Gasteiger partial charge in [0.15, 0.2) is 23.7 Å². The van der Waals surface area contributed by atoms with E-state index in [4.69, 9.17) is 60.6 Å². The van der Waals surface area contributed by atoms with Gasteiger partial charge < -0.3 is 24.1 Å². The van der Waals surface area contributed by atoms with Gasteiger partial charge in [0, 0.05) is 53.1 Å². The van der Waals surface area contributed by atoms with Crippen molar-refractivity contribution in [1.29, 1.82) is 0 Å². The molecule has 6 rings (SSSR count). The van der Waals surface area contributed by atoms with Crippen molar-refractivity contribution < 1.29 is 48.0 Å². The third-order valence-corrected chi connectivity index (χ3v) is 8.63. The average molecular weight is 814 g/mol. The van der Waals surface area contributed by atoms with Gasteiger partial charge in [-0.15, -0.1) is 0 Å². The first kappa shape index (κ1) is 41.6. The molecule has 0 aliphatic carbocycles. The highest BCUT2D eigenvalue weighted by Gasteiger charge is 2.40. The molecule has 2 unspecified atom stereocenters. The van der Waals surface area contributed by atoms with E-state index < -0.39 is 42.1 Å². The Morgan fingerprint density at radius 1 is 0.611 bits per heavy atom. The molecule has 4 aromatic rings. The summed E-state index contributed by atoms with van der Waals surface area (Å²) >= 11 is 24.5. The van der Waals surface area contributed by atoms with Crippen molar-refractivity contribution in [3.8, 4) is 0 Å². The number of rotatable bonds is 5. The lowest BCUT2D eigenvalue weighted by Gasteiger charge is -2.14. The highest BCUT2D eigenvalue weighted by molar-refractivity contribution is 6.38. The van der Waals surface area contributed by atoms with Gasteiger partial charge in [-0.1, -0.05) is 107 Å². The minimum atomic E-state index is -0.810. The molecule has 0 spiro atoms. The van der Waals surface area contributed by atoms with Crippen LogP contribution in [0.15, 0.2) is 96.4 Å². The van der Waals surface area contributed by atoms with Crippen molar-refractivity contribution in [2.75, 3.05) is 0 Å². The van der Waals surface area contributed by atoms with Crippen molar-refractivity contribution in [3.05, 3.63) is 150 Å². The molecule has 0 saturated heterocycles. The molecule has 0 bridgehead atoms. The summed E-state index contributed by atoms with van der Waals surface area (Å²) in [6, 6.07) is 24.5. The number of hydrogen-bond donors (Lipinski definition) is 1. The predicted octanol–water partition coefficient (Wildman–Crippen LogP) is 9.84. The van der Waals surface area contributed by atoms with E-state index in [-0.39, 0.29) is 27.7 Å². The number of benzene rings is 4. The molecule has 0 radical (unpaired) electrons. The standard InChI is InChI=1S/C19H14Cl2O4.C17H12Cl2O3.C4H6O3/c1-10-8-13(20)9-14(21)15(10)16-18(24-11(2)22)17(25-19(16)23)12-6-4-3-5-7-12;1-9-7-11(18)8-12(19)13(9)14-15(20)16(22-17(14)21)10-5-3-2-4-6-10;1-3(5)7-4(2)6/h3-9,17H,1-2H3;2-8,16,20H,1H3;1-2H3. The summed E-state index contributed by atoms with van der Waals surface area (Å²) in [5.74, 6) is -2.87. The molecule has 10 nitrogen and oxygen atoms in total. The van der Waals surface area contributed by atoms with Crippen LogP contribution in [0.25, 0.3) is 11.1 Å². The van der Waals surface area contributed by atoms with Gasteiger partial charge in [-0.05, 0) is 49.2 Å². The average Bonchev–Trinajstić information content (AvgIpc) is 3.55. The lowest BCUT2D eigenvalue weighted by Crippen LogP contribution is -2.07. The van der Waals surface area contributed by atoms with Crippen LogP contribution in [0.3, 0.4) is 0 Å². The van der Waals surface area contributed by atoms with Crippen LogP contribution in [0.4, 0.5) is 0 Å². The Bertz CT molecular complexity index is 2120. The van der Waals surface area contributed by atoms with Crippen LogP contribution in [-0.4, -0.2) is 35.0 Å². The van der Waals surface area contributed by atoms with Gasteiger partial charge in [0.25, 0.3) is 0 Å². The van der Waals surface area contributed by atoms with Crippen LogP contribution < -0.4 is 0 Å². The van der Waals surface area contributed by atoms with Gasteiger partial charge in [0.05, 0.1) is 10.0 Å². The monoisotopic (exact) mass is 812 g/mol. The lowest BCUT2D eigenvalue weighted by atomic mass is 9.97. The molecule has 2 heterocycles. The molecular formula is C40H32Cl4O10. The number of ether oxygens (including phenoxy) is 4. The zero-order valence-electron chi connectivity index (χ0n) is 29.4. The van der Waals surface area contributed by atoms with Crippen molar-refractivity contribution in [2.24, 2.45) is 0 Å². The minimum absolute atomic E-state index is 0.0908. The van der Waals surface area contributed by atoms with E-state index in [1.165, 1.54) is 32.9 Å². The zero-order valence-corrected chi connectivity index (χ0v) is 32.4. The normalized spacial score (nSPS) is 16.0. The molecule has 54 heavy (non-hydrogen) atoms. The van der Waals surface area contributed by atoms with Crippen molar-refractivity contribution in [1.82, 2.24) is 0 Å². The van der Waals surface area contributed by atoms with E-state index in [0.29, 0.717) is 48.4 Å². The summed E-state index contributed by atoms with van der Waals surface area (Å²) in [5.41, 5.74) is 3.91. The fourth-order valence-electron chi connectivity index (χ4n) is 5.56. The number of hydrogen-bond acceptors (Lipinski definition) is 10. The fraction of sp³-hybridized carbons (Fsp3) is 0.175. The maximum Gasteiger partial charge on any atom is 0.343 e. The van der Waals surface area contributed by atoms with Crippen molar-refractivity contribution in [3.63, 3.8) is 0 Å². The largest absolute Gasteiger partial charge is 0.507 e. The maximum absolute atomic E-state index is 12.6. The van der Waals surface area contributed by atoms with Gasteiger partial charge in [0.2, 0.25) is 0 Å². The Morgan fingerprint density at radius 3 is 1.43 bits per heavy atom. The van der Waals surface area contributed by atoms with E-state index in [1.54, 1.807) is 50.2 Å². The molecular weight excluding hydrogens is 782 g/mol. The molecule has 14 heteroatoms. The number of carbonyl (C=O) groups excluding carboxylic acids is 5. The Labute approximate surface area is 330 Å². The van der Waals surface area contributed by atoms with Gasteiger partial charge in [-0.25, -0.2) is 9.59 Å². The second-order valence-corrected chi connectivity index (χ2v) is 13.4. The number of halogens is 4. The van der Waals surface area contributed by atoms with Gasteiger partial charge >= 0.3 is 29.8 Å². The molecule has 2 atom stereocenters. The van der Waals surface area contributed by atoms with Gasteiger partial charge in [-0.3, -0.25) is 14.4 Å². The smallest absolute Gasteiger partial charge is 0.343 e. The first-order chi connectivity index (χ1) is 25.5. The lowest BCUT2D eigenvalue weighted by molar-refractivity contribution is -0.156. The Morgan fingerprint density at radius 2 is 1.02 bits per heavy atom. The molecule has 2 aliphatic heterocycles. The third-order valence-electron chi connectivity index (χ3n) is 7.60. The first-order valence-electron chi connectivity index (χ1n) is 16.0. The van der Waals surface area contributed by atoms with Gasteiger partial charge in [0.1, 0.15) is 11.1 Å². The second-order valence-electron chi connectivity index (χ2n) is 11.7. The Hall–Kier alpha value is -5.13. The van der Waals surface area contributed by atoms with Crippen LogP contribution in [0, 0.1) is 13.8 Å². The van der Waals surface area contributed by atoms with E-state index in [2.05, 4.69) is 4.74 Å². The van der Waals surface area contributed by atoms with E-state index in [0.717, 1.165) is 0 Å². The number of aliphatic hydroxyl groups excluding tert-OH is 1. The van der Waals surface area contributed by atoms with E-state index in [9.17, 15) is 29.1 Å². The molecule has 0 aromatic heterocycles. The Balaban J connectivity index is 0.000000206. The molecule has 0 amide bonds. The minimum Gasteiger partial charge on any atom is -0.507 e. The number of aryl methyl sites for hydroxylation is 2. The van der Waals surface area contributed by atoms with Crippen LogP contribution in [0.5, 0.6) is 0 Å². The summed E-state index contributed by atoms with van der Waals surface area (Å²) in [7, 11) is 0. The van der Waals surface area contributed by atoms with Crippen molar-refractivity contribution in [2.45, 2.75) is 46.8 Å². The summed E-state index contributed by atoms with van der Waals surface area (Å²) in [6.45, 7) is 7.18. The van der Waals surface area contributed by atoms with Gasteiger partial charge in [-0.2, -0.15) is 0 Å². The molecule has 4 aromatic carbocycles. The number of esters is 5. The number of cyclic esters (lactones) is 2. The fourth-order valence-corrected chi connectivity index (χ4v) is 6.94. The molecule has 0 fully saturated rings. The molecule has 1 N–H and O–H groups in total. The second kappa shape index (κ2) is 18.3. The number of aliphatic hydroxyl groups is 1. The van der Waals surface area contributed by atoms with Crippen LogP contribution in [0.2, 0.25) is 20.1 Å². The molecule has 280 valence electrons. The topological polar surface area (TPSA) is 143 Å². The zero-order chi connectivity index (χ0) is 39.9. The van der Waals surface area contributed by atoms with E-state index in [1.807, 2.05) is 36.4 Å². The summed E-state index contributed by atoms with van der Waals surface area (Å²) in [6.07, 6.45) is -1.62. The highest BCUT2D eigenvalue weighted by atomic mass is 35.5. The quantitative estimate of drug-likeness (QED) is 0.118. The van der Waals surface area contributed by atoms with Crippen LogP contribution in [0.1, 0.15) is 66.4 Å². The third kappa shape index (κ3) is 10.1. The van der Waals surface area contributed by atoms with Crippen molar-refractivity contribution >= 4 is 87.4 Å². The predicted molar refractivity (Wildman–Crippen MR) is 204 cm³/mol. The summed E-state index contributed by atoms with van der Waals surface area (Å²) in [4.78, 5) is 56.0. The Kier molecular flexibility index (Phi) is 14.1. The molecule has 2 aliphatic rings.